The minimum atomic E-state index is -0.100. The number of nitrogens with zero attached hydrogens (tertiary/aromatic N) is 4. The second-order valence-corrected chi connectivity index (χ2v) is 8.48. The number of halogens is 1. The van der Waals surface area contributed by atoms with E-state index in [-0.39, 0.29) is 6.03 Å². The molecule has 8 heteroatoms. The van der Waals surface area contributed by atoms with E-state index in [4.69, 9.17) is 16.1 Å². The van der Waals surface area contributed by atoms with Gasteiger partial charge >= 0.3 is 6.03 Å². The standard InChI is InChI=1S/C23H24ClN5O2/c24-18-5-2-6-19(15-18)25-23(30)29-13-11-28(12-14-29)20-9-7-16(8-10-20)21-26-22(31-27-21)17-3-1-4-17/h2,5-10,15,17H,1,3-4,11-14H2,(H,25,30). The van der Waals surface area contributed by atoms with Crippen molar-refractivity contribution < 1.29 is 9.32 Å². The third-order valence-electron chi connectivity index (χ3n) is 6.03. The zero-order valence-electron chi connectivity index (χ0n) is 17.1. The van der Waals surface area contributed by atoms with Crippen LogP contribution < -0.4 is 10.2 Å². The van der Waals surface area contributed by atoms with Crippen LogP contribution in [0.25, 0.3) is 11.4 Å². The van der Waals surface area contributed by atoms with E-state index in [1.807, 2.05) is 29.2 Å². The van der Waals surface area contributed by atoms with Gasteiger partial charge in [0.05, 0.1) is 0 Å². The van der Waals surface area contributed by atoms with E-state index in [1.165, 1.54) is 6.42 Å². The number of carbonyl (C=O) groups is 1. The lowest BCUT2D eigenvalue weighted by molar-refractivity contribution is 0.208. The summed E-state index contributed by atoms with van der Waals surface area (Å²) in [5.41, 5.74) is 2.79. The van der Waals surface area contributed by atoms with Crippen molar-refractivity contribution in [1.29, 1.82) is 0 Å². The minimum Gasteiger partial charge on any atom is -0.368 e. The van der Waals surface area contributed by atoms with E-state index >= 15 is 0 Å². The van der Waals surface area contributed by atoms with Gasteiger partial charge in [-0.2, -0.15) is 4.98 Å². The first-order chi connectivity index (χ1) is 15.2. The molecule has 31 heavy (non-hydrogen) atoms. The van der Waals surface area contributed by atoms with Crippen molar-refractivity contribution in [3.63, 3.8) is 0 Å². The summed E-state index contributed by atoms with van der Waals surface area (Å²) >= 11 is 5.99. The summed E-state index contributed by atoms with van der Waals surface area (Å²) in [5.74, 6) is 1.85. The van der Waals surface area contributed by atoms with Crippen LogP contribution in [0.1, 0.15) is 31.1 Å². The molecule has 2 amide bonds. The fraction of sp³-hybridized carbons (Fsp3) is 0.348. The SMILES string of the molecule is O=C(Nc1cccc(Cl)c1)N1CCN(c2ccc(-c3noc(C4CCC4)n3)cc2)CC1. The predicted molar refractivity (Wildman–Crippen MR) is 121 cm³/mol. The van der Waals surface area contributed by atoms with Crippen molar-refractivity contribution in [2.24, 2.45) is 0 Å². The Labute approximate surface area is 186 Å². The molecular weight excluding hydrogens is 414 g/mol. The summed E-state index contributed by atoms with van der Waals surface area (Å²) in [6.45, 7) is 2.86. The molecular formula is C23H24ClN5O2. The molecule has 7 nitrogen and oxygen atoms in total. The predicted octanol–water partition coefficient (Wildman–Crippen LogP) is 5.01. The van der Waals surface area contributed by atoms with Crippen LogP contribution >= 0.6 is 11.6 Å². The van der Waals surface area contributed by atoms with Crippen LogP contribution in [-0.2, 0) is 0 Å². The first-order valence-electron chi connectivity index (χ1n) is 10.7. The first-order valence-corrected chi connectivity index (χ1v) is 11.0. The van der Waals surface area contributed by atoms with Crippen molar-refractivity contribution in [3.8, 4) is 11.4 Å². The maximum absolute atomic E-state index is 12.5. The number of piperazine rings is 1. The zero-order valence-corrected chi connectivity index (χ0v) is 17.9. The molecule has 1 aliphatic heterocycles. The Morgan fingerprint density at radius 3 is 2.52 bits per heavy atom. The lowest BCUT2D eigenvalue weighted by atomic mass is 9.85. The number of nitrogens with one attached hydrogen (secondary N) is 1. The van der Waals surface area contributed by atoms with Crippen LogP contribution in [0.2, 0.25) is 5.02 Å². The maximum atomic E-state index is 12.5. The number of amides is 2. The molecule has 1 saturated carbocycles. The lowest BCUT2D eigenvalue weighted by Crippen LogP contribution is -2.50. The summed E-state index contributed by atoms with van der Waals surface area (Å²) < 4.78 is 5.43. The Kier molecular flexibility index (Phi) is 5.51. The lowest BCUT2D eigenvalue weighted by Gasteiger charge is -2.36. The smallest absolute Gasteiger partial charge is 0.321 e. The third kappa shape index (κ3) is 4.37. The number of anilines is 2. The van der Waals surface area contributed by atoms with Crippen molar-refractivity contribution in [2.45, 2.75) is 25.2 Å². The maximum Gasteiger partial charge on any atom is 0.321 e. The van der Waals surface area contributed by atoms with Gasteiger partial charge in [-0.15, -0.1) is 0 Å². The molecule has 0 atom stereocenters. The summed E-state index contributed by atoms with van der Waals surface area (Å²) in [6.07, 6.45) is 3.53. The Balaban J connectivity index is 1.17. The molecule has 0 radical (unpaired) electrons. The molecule has 2 fully saturated rings. The van der Waals surface area contributed by atoms with Gasteiger partial charge in [0.25, 0.3) is 0 Å². The summed E-state index contributed by atoms with van der Waals surface area (Å²) in [7, 11) is 0. The molecule has 160 valence electrons. The molecule has 5 rings (SSSR count). The van der Waals surface area contributed by atoms with Crippen LogP contribution in [0.4, 0.5) is 16.2 Å². The second-order valence-electron chi connectivity index (χ2n) is 8.05. The third-order valence-corrected chi connectivity index (χ3v) is 6.26. The van der Waals surface area contributed by atoms with Crippen LogP contribution in [0, 0.1) is 0 Å². The Hall–Kier alpha value is -3.06. The highest BCUT2D eigenvalue weighted by Gasteiger charge is 2.26. The number of rotatable bonds is 4. The first kappa shape index (κ1) is 19.9. The van der Waals surface area contributed by atoms with Crippen LogP contribution in [0.3, 0.4) is 0 Å². The molecule has 2 aliphatic rings. The summed E-state index contributed by atoms with van der Waals surface area (Å²) in [4.78, 5) is 21.2. The van der Waals surface area contributed by atoms with E-state index in [0.717, 1.165) is 43.1 Å². The van der Waals surface area contributed by atoms with E-state index in [1.54, 1.807) is 12.1 Å². The topological polar surface area (TPSA) is 74.5 Å². The molecule has 0 unspecified atom stereocenters. The van der Waals surface area contributed by atoms with E-state index < -0.39 is 0 Å². The molecule has 1 aliphatic carbocycles. The second kappa shape index (κ2) is 8.59. The van der Waals surface area contributed by atoms with Gasteiger partial charge in [-0.1, -0.05) is 29.2 Å². The normalized spacial score (nSPS) is 16.8. The fourth-order valence-corrected chi connectivity index (χ4v) is 4.12. The average Bonchev–Trinajstić information content (AvgIpc) is 3.22. The van der Waals surface area contributed by atoms with Crippen molar-refractivity contribution in [2.75, 3.05) is 36.4 Å². The number of hydrogen-bond acceptors (Lipinski definition) is 5. The monoisotopic (exact) mass is 437 g/mol. The number of aromatic nitrogens is 2. The van der Waals surface area contributed by atoms with Gasteiger partial charge in [0, 0.05) is 54.1 Å². The molecule has 3 aromatic rings. The Morgan fingerprint density at radius 2 is 1.84 bits per heavy atom. The van der Waals surface area contributed by atoms with Gasteiger partial charge in [0.1, 0.15) is 0 Å². The summed E-state index contributed by atoms with van der Waals surface area (Å²) in [5, 5.41) is 7.66. The van der Waals surface area contributed by atoms with Crippen molar-refractivity contribution >= 4 is 29.0 Å². The highest BCUT2D eigenvalue weighted by molar-refractivity contribution is 6.30. The molecule has 0 spiro atoms. The number of hydrogen-bond donors (Lipinski definition) is 1. The van der Waals surface area contributed by atoms with Crippen LogP contribution in [0.5, 0.6) is 0 Å². The Bertz CT molecular complexity index is 1060. The number of carbonyl (C=O) groups excluding carboxylic acids is 1. The number of benzene rings is 2. The van der Waals surface area contributed by atoms with Gasteiger partial charge in [-0.05, 0) is 55.3 Å². The quantitative estimate of drug-likeness (QED) is 0.620. The Morgan fingerprint density at radius 1 is 1.06 bits per heavy atom. The number of urea groups is 1. The fourth-order valence-electron chi connectivity index (χ4n) is 3.93. The van der Waals surface area contributed by atoms with Gasteiger partial charge in [0.15, 0.2) is 0 Å². The van der Waals surface area contributed by atoms with Gasteiger partial charge in [-0.25, -0.2) is 4.79 Å². The molecule has 2 heterocycles. The molecule has 2 aromatic carbocycles. The molecule has 1 aromatic heterocycles. The van der Waals surface area contributed by atoms with E-state index in [9.17, 15) is 4.79 Å². The highest BCUT2D eigenvalue weighted by atomic mass is 35.5. The molecule has 1 saturated heterocycles. The van der Waals surface area contributed by atoms with E-state index in [0.29, 0.717) is 35.5 Å². The molecule has 1 N–H and O–H groups in total. The zero-order chi connectivity index (χ0) is 21.2. The van der Waals surface area contributed by atoms with E-state index in [2.05, 4.69) is 32.5 Å². The van der Waals surface area contributed by atoms with Crippen molar-refractivity contribution in [3.05, 3.63) is 59.4 Å². The van der Waals surface area contributed by atoms with Gasteiger partial charge in [-0.3, -0.25) is 0 Å². The minimum absolute atomic E-state index is 0.100. The van der Waals surface area contributed by atoms with Crippen molar-refractivity contribution in [1.82, 2.24) is 15.0 Å². The highest BCUT2D eigenvalue weighted by Crippen LogP contribution is 2.36. The van der Waals surface area contributed by atoms with Crippen LogP contribution in [-0.4, -0.2) is 47.3 Å². The largest absolute Gasteiger partial charge is 0.368 e. The van der Waals surface area contributed by atoms with Crippen LogP contribution in [0.15, 0.2) is 53.1 Å². The molecule has 0 bridgehead atoms. The summed E-state index contributed by atoms with van der Waals surface area (Å²) in [6, 6.07) is 15.3. The van der Waals surface area contributed by atoms with Gasteiger partial charge in [0.2, 0.25) is 11.7 Å². The van der Waals surface area contributed by atoms with Gasteiger partial charge < -0.3 is 19.6 Å². The average molecular weight is 438 g/mol.